The second-order valence-electron chi connectivity index (χ2n) is 7.11. The SMILES string of the molecule is c1ccc(C(c2ccccc2)N2CC(n3ccc4ccccc43)C2)cc1. The van der Waals surface area contributed by atoms with Gasteiger partial charge >= 0.3 is 0 Å². The molecule has 26 heavy (non-hydrogen) atoms. The maximum absolute atomic E-state index is 2.59. The van der Waals surface area contributed by atoms with E-state index in [1.807, 2.05) is 0 Å². The Labute approximate surface area is 154 Å². The molecule has 0 unspecified atom stereocenters. The minimum atomic E-state index is 0.329. The van der Waals surface area contributed by atoms with Gasteiger partial charge in [0.15, 0.2) is 0 Å². The van der Waals surface area contributed by atoms with Crippen LogP contribution in [0.4, 0.5) is 0 Å². The minimum absolute atomic E-state index is 0.329. The van der Waals surface area contributed by atoms with Gasteiger partial charge in [-0.15, -0.1) is 0 Å². The molecule has 2 heteroatoms. The first kappa shape index (κ1) is 15.4. The minimum Gasteiger partial charge on any atom is -0.342 e. The Hall–Kier alpha value is -2.84. The molecular formula is C24H22N2. The smallest absolute Gasteiger partial charge is 0.0603 e. The van der Waals surface area contributed by atoms with Crippen LogP contribution < -0.4 is 0 Å². The van der Waals surface area contributed by atoms with E-state index in [0.717, 1.165) is 13.1 Å². The molecule has 1 saturated heterocycles. The van der Waals surface area contributed by atoms with Crippen molar-refractivity contribution in [3.63, 3.8) is 0 Å². The lowest BCUT2D eigenvalue weighted by atomic mass is 9.93. The summed E-state index contributed by atoms with van der Waals surface area (Å²) in [6, 6.07) is 33.5. The van der Waals surface area contributed by atoms with Gasteiger partial charge in [0.2, 0.25) is 0 Å². The highest BCUT2D eigenvalue weighted by molar-refractivity contribution is 5.80. The van der Waals surface area contributed by atoms with Crippen LogP contribution in [0.15, 0.2) is 97.2 Å². The fourth-order valence-corrected chi connectivity index (χ4v) is 4.18. The van der Waals surface area contributed by atoms with Crippen LogP contribution in [-0.2, 0) is 0 Å². The lowest BCUT2D eigenvalue weighted by Gasteiger charge is -2.45. The van der Waals surface area contributed by atoms with E-state index in [9.17, 15) is 0 Å². The number of fused-ring (bicyclic) bond motifs is 1. The van der Waals surface area contributed by atoms with Crippen molar-refractivity contribution in [2.24, 2.45) is 0 Å². The number of aromatic nitrogens is 1. The lowest BCUT2D eigenvalue weighted by molar-refractivity contribution is 0.0776. The average molecular weight is 338 g/mol. The first-order valence-corrected chi connectivity index (χ1v) is 9.30. The summed E-state index contributed by atoms with van der Waals surface area (Å²) in [7, 11) is 0. The van der Waals surface area contributed by atoms with Crippen molar-refractivity contribution in [2.45, 2.75) is 12.1 Å². The standard InChI is InChI=1S/C24H22N2/c1-3-10-20(11-4-1)24(21-12-5-2-6-13-21)25-17-22(18-25)26-16-15-19-9-7-8-14-23(19)26/h1-16,22,24H,17-18H2. The third-order valence-corrected chi connectivity index (χ3v) is 5.51. The molecule has 0 amide bonds. The highest BCUT2D eigenvalue weighted by Gasteiger charge is 2.35. The molecule has 3 aromatic carbocycles. The first-order valence-electron chi connectivity index (χ1n) is 9.30. The van der Waals surface area contributed by atoms with Gasteiger partial charge < -0.3 is 4.57 Å². The molecule has 0 aliphatic carbocycles. The zero-order valence-corrected chi connectivity index (χ0v) is 14.7. The van der Waals surface area contributed by atoms with Crippen LogP contribution in [0.1, 0.15) is 23.2 Å². The monoisotopic (exact) mass is 338 g/mol. The summed E-state index contributed by atoms with van der Waals surface area (Å²) in [4.78, 5) is 2.59. The van der Waals surface area contributed by atoms with Crippen molar-refractivity contribution < 1.29 is 0 Å². The van der Waals surface area contributed by atoms with E-state index in [2.05, 4.69) is 107 Å². The Kier molecular flexibility index (Phi) is 3.84. The highest BCUT2D eigenvalue weighted by atomic mass is 15.3. The maximum atomic E-state index is 2.59. The Morgan fingerprint density at radius 2 is 1.23 bits per heavy atom. The molecule has 1 fully saturated rings. The van der Waals surface area contributed by atoms with E-state index in [1.165, 1.54) is 22.0 Å². The number of hydrogen-bond acceptors (Lipinski definition) is 1. The molecule has 0 radical (unpaired) electrons. The summed E-state index contributed by atoms with van der Waals surface area (Å²) in [5, 5.41) is 1.33. The fraction of sp³-hybridized carbons (Fsp3) is 0.167. The summed E-state index contributed by atoms with van der Waals surface area (Å²) < 4.78 is 2.44. The van der Waals surface area contributed by atoms with E-state index in [-0.39, 0.29) is 0 Å². The average Bonchev–Trinajstić information content (AvgIpc) is 3.09. The summed E-state index contributed by atoms with van der Waals surface area (Å²) in [6.07, 6.45) is 2.24. The highest BCUT2D eigenvalue weighted by Crippen LogP contribution is 2.37. The lowest BCUT2D eigenvalue weighted by Crippen LogP contribution is -2.49. The topological polar surface area (TPSA) is 8.17 Å². The second kappa shape index (κ2) is 6.47. The van der Waals surface area contributed by atoms with Crippen LogP contribution in [0.5, 0.6) is 0 Å². The van der Waals surface area contributed by atoms with Crippen molar-refractivity contribution in [3.8, 4) is 0 Å². The van der Waals surface area contributed by atoms with Crippen LogP contribution in [0.25, 0.3) is 10.9 Å². The number of hydrogen-bond donors (Lipinski definition) is 0. The Morgan fingerprint density at radius 3 is 1.88 bits per heavy atom. The van der Waals surface area contributed by atoms with Crippen LogP contribution >= 0.6 is 0 Å². The van der Waals surface area contributed by atoms with Gasteiger partial charge in [0, 0.05) is 24.8 Å². The molecule has 0 atom stereocenters. The zero-order chi connectivity index (χ0) is 17.3. The van der Waals surface area contributed by atoms with Crippen molar-refractivity contribution >= 4 is 10.9 Å². The molecule has 128 valence electrons. The summed E-state index contributed by atoms with van der Waals surface area (Å²) in [6.45, 7) is 2.15. The third-order valence-electron chi connectivity index (χ3n) is 5.51. The number of benzene rings is 3. The molecule has 0 bridgehead atoms. The van der Waals surface area contributed by atoms with Gasteiger partial charge in [0.1, 0.15) is 0 Å². The number of rotatable bonds is 4. The van der Waals surface area contributed by atoms with Gasteiger partial charge in [-0.25, -0.2) is 0 Å². The Bertz CT molecular complexity index is 959. The van der Waals surface area contributed by atoms with Crippen LogP contribution in [0, 0.1) is 0 Å². The summed E-state index contributed by atoms with van der Waals surface area (Å²) in [5.74, 6) is 0. The largest absolute Gasteiger partial charge is 0.342 e. The summed E-state index contributed by atoms with van der Waals surface area (Å²) in [5.41, 5.74) is 4.08. The maximum Gasteiger partial charge on any atom is 0.0603 e. The first-order chi connectivity index (χ1) is 12.9. The van der Waals surface area contributed by atoms with Crippen molar-refractivity contribution in [1.82, 2.24) is 9.47 Å². The van der Waals surface area contributed by atoms with E-state index in [4.69, 9.17) is 0 Å². The van der Waals surface area contributed by atoms with Crippen molar-refractivity contribution in [1.29, 1.82) is 0 Å². The number of likely N-dealkylation sites (tertiary alicyclic amines) is 1. The van der Waals surface area contributed by atoms with Crippen LogP contribution in [0.2, 0.25) is 0 Å². The second-order valence-corrected chi connectivity index (χ2v) is 7.11. The molecule has 0 saturated carbocycles. The van der Waals surface area contributed by atoms with E-state index in [1.54, 1.807) is 0 Å². The third kappa shape index (κ3) is 2.63. The predicted molar refractivity (Wildman–Crippen MR) is 107 cm³/mol. The molecule has 4 aromatic rings. The quantitative estimate of drug-likeness (QED) is 0.491. The summed E-state index contributed by atoms with van der Waals surface area (Å²) >= 11 is 0. The molecule has 2 nitrogen and oxygen atoms in total. The van der Waals surface area contributed by atoms with E-state index in [0.29, 0.717) is 12.1 Å². The molecule has 1 aromatic heterocycles. The van der Waals surface area contributed by atoms with Gasteiger partial charge in [-0.1, -0.05) is 78.9 Å². The number of nitrogens with zero attached hydrogens (tertiary/aromatic N) is 2. The normalized spacial score (nSPS) is 15.4. The van der Waals surface area contributed by atoms with Crippen molar-refractivity contribution in [3.05, 3.63) is 108 Å². The fourth-order valence-electron chi connectivity index (χ4n) is 4.18. The van der Waals surface area contributed by atoms with Crippen LogP contribution in [-0.4, -0.2) is 22.6 Å². The van der Waals surface area contributed by atoms with Crippen molar-refractivity contribution in [2.75, 3.05) is 13.1 Å². The molecule has 1 aliphatic heterocycles. The van der Waals surface area contributed by atoms with E-state index >= 15 is 0 Å². The van der Waals surface area contributed by atoms with E-state index < -0.39 is 0 Å². The Balaban J connectivity index is 1.43. The zero-order valence-electron chi connectivity index (χ0n) is 14.7. The molecule has 5 rings (SSSR count). The predicted octanol–water partition coefficient (Wildman–Crippen LogP) is 5.29. The molecular weight excluding hydrogens is 316 g/mol. The molecule has 1 aliphatic rings. The van der Waals surface area contributed by atoms with Gasteiger partial charge in [-0.3, -0.25) is 4.90 Å². The molecule has 0 spiro atoms. The van der Waals surface area contributed by atoms with Gasteiger partial charge in [0.05, 0.1) is 12.1 Å². The van der Waals surface area contributed by atoms with Gasteiger partial charge in [-0.2, -0.15) is 0 Å². The van der Waals surface area contributed by atoms with Gasteiger partial charge in [-0.05, 0) is 28.6 Å². The number of para-hydroxylation sites is 1. The molecule has 0 N–H and O–H groups in total. The van der Waals surface area contributed by atoms with Gasteiger partial charge in [0.25, 0.3) is 0 Å². The molecule has 2 heterocycles. The van der Waals surface area contributed by atoms with Crippen LogP contribution in [0.3, 0.4) is 0 Å². The Morgan fingerprint density at radius 1 is 0.654 bits per heavy atom.